The molecule has 0 saturated heterocycles. The maximum atomic E-state index is 13.5. The Morgan fingerprint density at radius 2 is 1.76 bits per heavy atom. The van der Waals surface area contributed by atoms with E-state index in [2.05, 4.69) is 10.3 Å². The van der Waals surface area contributed by atoms with Crippen LogP contribution in [0, 0.1) is 5.82 Å². The molecule has 0 spiro atoms. The highest BCUT2D eigenvalue weighted by molar-refractivity contribution is 6.31. The van der Waals surface area contributed by atoms with Crippen LogP contribution in [-0.4, -0.2) is 22.1 Å². The standard InChI is InChI=1S/C27H20ClFN4O/c1-34-22-6-2-4-17(12-22)18-8-10-25-23(13-18)27(31-16-19-7-9-21(29)14-24(19)28)33-26(32-25)20-5-3-11-30-15-20/h2-15H,16H2,1H3,(H,31,32,33). The molecule has 5 nitrogen and oxygen atoms in total. The van der Waals surface area contributed by atoms with Crippen LogP contribution in [-0.2, 0) is 6.54 Å². The molecule has 2 heterocycles. The predicted molar refractivity (Wildman–Crippen MR) is 133 cm³/mol. The van der Waals surface area contributed by atoms with Crippen LogP contribution in [0.5, 0.6) is 5.75 Å². The Balaban J connectivity index is 1.60. The van der Waals surface area contributed by atoms with Crippen molar-refractivity contribution in [2.24, 2.45) is 0 Å². The molecule has 0 saturated carbocycles. The molecule has 0 radical (unpaired) electrons. The van der Waals surface area contributed by atoms with E-state index >= 15 is 0 Å². The molecule has 1 N–H and O–H groups in total. The van der Waals surface area contributed by atoms with E-state index in [0.717, 1.165) is 38.9 Å². The van der Waals surface area contributed by atoms with E-state index in [9.17, 15) is 4.39 Å². The summed E-state index contributed by atoms with van der Waals surface area (Å²) in [7, 11) is 1.65. The first-order valence-electron chi connectivity index (χ1n) is 10.6. The van der Waals surface area contributed by atoms with E-state index in [1.54, 1.807) is 25.6 Å². The summed E-state index contributed by atoms with van der Waals surface area (Å²) in [6, 6.07) is 22.0. The fraction of sp³-hybridized carbons (Fsp3) is 0.0741. The van der Waals surface area contributed by atoms with Crippen molar-refractivity contribution in [1.82, 2.24) is 15.0 Å². The molecule has 34 heavy (non-hydrogen) atoms. The number of hydrogen-bond acceptors (Lipinski definition) is 5. The Morgan fingerprint density at radius 3 is 2.56 bits per heavy atom. The number of benzene rings is 3. The fourth-order valence-corrected chi connectivity index (χ4v) is 3.95. The van der Waals surface area contributed by atoms with Crippen molar-refractivity contribution in [3.05, 3.63) is 102 Å². The number of hydrogen-bond donors (Lipinski definition) is 1. The number of pyridine rings is 1. The summed E-state index contributed by atoms with van der Waals surface area (Å²) in [5, 5.41) is 4.58. The van der Waals surface area contributed by atoms with Gasteiger partial charge in [0.2, 0.25) is 0 Å². The lowest BCUT2D eigenvalue weighted by molar-refractivity contribution is 0.415. The van der Waals surface area contributed by atoms with Gasteiger partial charge in [-0.3, -0.25) is 4.98 Å². The first-order chi connectivity index (χ1) is 16.6. The Kier molecular flexibility index (Phi) is 6.06. The third kappa shape index (κ3) is 4.54. The smallest absolute Gasteiger partial charge is 0.163 e. The van der Waals surface area contributed by atoms with Crippen molar-refractivity contribution in [2.75, 3.05) is 12.4 Å². The highest BCUT2D eigenvalue weighted by Crippen LogP contribution is 2.31. The maximum absolute atomic E-state index is 13.5. The summed E-state index contributed by atoms with van der Waals surface area (Å²) in [4.78, 5) is 13.8. The van der Waals surface area contributed by atoms with Crippen molar-refractivity contribution in [3.63, 3.8) is 0 Å². The third-order valence-corrected chi connectivity index (χ3v) is 5.83. The molecular formula is C27H20ClFN4O. The second kappa shape index (κ2) is 9.45. The van der Waals surface area contributed by atoms with Gasteiger partial charge in [0.25, 0.3) is 0 Å². The van der Waals surface area contributed by atoms with E-state index in [-0.39, 0.29) is 5.82 Å². The Labute approximate surface area is 201 Å². The molecule has 7 heteroatoms. The Morgan fingerprint density at radius 1 is 0.912 bits per heavy atom. The molecule has 0 unspecified atom stereocenters. The number of aromatic nitrogens is 3. The van der Waals surface area contributed by atoms with Crippen LogP contribution < -0.4 is 10.1 Å². The molecule has 3 aromatic carbocycles. The number of anilines is 1. The van der Waals surface area contributed by atoms with Crippen LogP contribution in [0.4, 0.5) is 10.2 Å². The zero-order chi connectivity index (χ0) is 23.5. The van der Waals surface area contributed by atoms with Gasteiger partial charge in [0, 0.05) is 34.9 Å². The topological polar surface area (TPSA) is 59.9 Å². The molecule has 0 aliphatic rings. The number of rotatable bonds is 6. The van der Waals surface area contributed by atoms with Gasteiger partial charge in [-0.15, -0.1) is 0 Å². The Hall–Kier alpha value is -4.03. The molecule has 0 atom stereocenters. The summed E-state index contributed by atoms with van der Waals surface area (Å²) < 4.78 is 18.9. The number of halogens is 2. The summed E-state index contributed by atoms with van der Waals surface area (Å²) in [6.07, 6.45) is 3.44. The molecule has 0 aliphatic carbocycles. The van der Waals surface area contributed by atoms with Gasteiger partial charge in [-0.1, -0.05) is 35.9 Å². The van der Waals surface area contributed by atoms with Crippen molar-refractivity contribution >= 4 is 28.3 Å². The predicted octanol–water partition coefficient (Wildman–Crippen LogP) is 6.77. The lowest BCUT2D eigenvalue weighted by Gasteiger charge is -2.13. The molecule has 0 bridgehead atoms. The minimum atomic E-state index is -0.372. The average Bonchev–Trinajstić information content (AvgIpc) is 2.88. The van der Waals surface area contributed by atoms with Crippen molar-refractivity contribution in [2.45, 2.75) is 6.54 Å². The number of fused-ring (bicyclic) bond motifs is 1. The zero-order valence-corrected chi connectivity index (χ0v) is 19.1. The molecule has 0 amide bonds. The van der Waals surface area contributed by atoms with E-state index in [4.69, 9.17) is 26.3 Å². The van der Waals surface area contributed by atoms with E-state index in [1.165, 1.54) is 12.1 Å². The van der Waals surface area contributed by atoms with Gasteiger partial charge in [0.05, 0.1) is 12.6 Å². The largest absolute Gasteiger partial charge is 0.497 e. The number of ether oxygens (including phenoxy) is 1. The van der Waals surface area contributed by atoms with Gasteiger partial charge in [0.1, 0.15) is 17.4 Å². The highest BCUT2D eigenvalue weighted by Gasteiger charge is 2.12. The molecule has 5 aromatic rings. The van der Waals surface area contributed by atoms with Gasteiger partial charge >= 0.3 is 0 Å². The SMILES string of the molecule is COc1cccc(-c2ccc3nc(-c4cccnc4)nc(NCc4ccc(F)cc4Cl)c3c2)c1. The first kappa shape index (κ1) is 21.8. The minimum absolute atomic E-state index is 0.357. The Bertz CT molecular complexity index is 1480. The van der Waals surface area contributed by atoms with Gasteiger partial charge < -0.3 is 10.1 Å². The van der Waals surface area contributed by atoms with Crippen LogP contribution in [0.15, 0.2) is 85.2 Å². The number of nitrogens with one attached hydrogen (secondary N) is 1. The van der Waals surface area contributed by atoms with Crippen LogP contribution >= 0.6 is 11.6 Å². The highest BCUT2D eigenvalue weighted by atomic mass is 35.5. The molecule has 0 fully saturated rings. The summed E-state index contributed by atoms with van der Waals surface area (Å²) >= 11 is 6.24. The maximum Gasteiger partial charge on any atom is 0.163 e. The molecule has 5 rings (SSSR count). The van der Waals surface area contributed by atoms with Crippen LogP contribution in [0.25, 0.3) is 33.4 Å². The molecule has 168 valence electrons. The zero-order valence-electron chi connectivity index (χ0n) is 18.3. The fourth-order valence-electron chi connectivity index (χ4n) is 3.71. The van der Waals surface area contributed by atoms with E-state index in [1.807, 2.05) is 54.6 Å². The molecular weight excluding hydrogens is 451 g/mol. The first-order valence-corrected chi connectivity index (χ1v) is 11.0. The van der Waals surface area contributed by atoms with Crippen LogP contribution in [0.1, 0.15) is 5.56 Å². The number of methoxy groups -OCH3 is 1. The lowest BCUT2D eigenvalue weighted by atomic mass is 10.0. The second-order valence-electron chi connectivity index (χ2n) is 7.69. The second-order valence-corrected chi connectivity index (χ2v) is 8.10. The van der Waals surface area contributed by atoms with E-state index in [0.29, 0.717) is 23.2 Å². The lowest BCUT2D eigenvalue weighted by Crippen LogP contribution is -2.05. The molecule has 0 aliphatic heterocycles. The average molecular weight is 471 g/mol. The normalized spacial score (nSPS) is 10.9. The van der Waals surface area contributed by atoms with Gasteiger partial charge in [-0.05, 0) is 65.2 Å². The molecule has 2 aromatic heterocycles. The summed E-state index contributed by atoms with van der Waals surface area (Å²) in [5.74, 6) is 1.62. The number of nitrogens with zero attached hydrogens (tertiary/aromatic N) is 3. The summed E-state index contributed by atoms with van der Waals surface area (Å²) in [6.45, 7) is 0.376. The van der Waals surface area contributed by atoms with Crippen molar-refractivity contribution < 1.29 is 9.13 Å². The van der Waals surface area contributed by atoms with Crippen molar-refractivity contribution in [1.29, 1.82) is 0 Å². The van der Waals surface area contributed by atoms with Gasteiger partial charge in [-0.25, -0.2) is 14.4 Å². The van der Waals surface area contributed by atoms with Gasteiger partial charge in [-0.2, -0.15) is 0 Å². The van der Waals surface area contributed by atoms with Crippen molar-refractivity contribution in [3.8, 4) is 28.3 Å². The van der Waals surface area contributed by atoms with Crippen LogP contribution in [0.2, 0.25) is 5.02 Å². The van der Waals surface area contributed by atoms with Gasteiger partial charge in [0.15, 0.2) is 5.82 Å². The minimum Gasteiger partial charge on any atom is -0.497 e. The van der Waals surface area contributed by atoms with Crippen LogP contribution in [0.3, 0.4) is 0 Å². The van der Waals surface area contributed by atoms with E-state index < -0.39 is 0 Å². The monoisotopic (exact) mass is 470 g/mol. The summed E-state index contributed by atoms with van der Waals surface area (Å²) in [5.41, 5.74) is 4.39. The third-order valence-electron chi connectivity index (χ3n) is 5.48. The quantitative estimate of drug-likeness (QED) is 0.296.